The Hall–Kier alpha value is -3.23. The summed E-state index contributed by atoms with van der Waals surface area (Å²) in [5.41, 5.74) is 1.49. The van der Waals surface area contributed by atoms with Gasteiger partial charge in [0.1, 0.15) is 10.5 Å². The fourth-order valence-corrected chi connectivity index (χ4v) is 5.34. The first kappa shape index (κ1) is 20.7. The third kappa shape index (κ3) is 3.36. The monoisotopic (exact) mass is 468 g/mol. The molecule has 4 aromatic rings. The molecular weight excluding hydrogens is 451 g/mol. The molecule has 1 amide bonds. The lowest BCUT2D eigenvalue weighted by Gasteiger charge is -2.34. The smallest absolute Gasteiger partial charge is 0.248 e. The highest BCUT2D eigenvalue weighted by Crippen LogP contribution is 2.42. The summed E-state index contributed by atoms with van der Waals surface area (Å²) >= 11 is 7.83. The van der Waals surface area contributed by atoms with Gasteiger partial charge in [0.25, 0.3) is 0 Å². The van der Waals surface area contributed by atoms with E-state index in [0.717, 1.165) is 5.00 Å². The zero-order valence-electron chi connectivity index (χ0n) is 16.9. The van der Waals surface area contributed by atoms with Gasteiger partial charge in [-0.1, -0.05) is 30.3 Å². The zero-order chi connectivity index (χ0) is 22.4. The van der Waals surface area contributed by atoms with Crippen LogP contribution in [-0.2, 0) is 4.79 Å². The minimum Gasteiger partial charge on any atom is -0.358 e. The van der Waals surface area contributed by atoms with Gasteiger partial charge in [0.2, 0.25) is 11.5 Å². The van der Waals surface area contributed by atoms with Crippen molar-refractivity contribution >= 4 is 55.8 Å². The van der Waals surface area contributed by atoms with Crippen LogP contribution in [0.25, 0.3) is 32.9 Å². The number of benzene rings is 2. The van der Waals surface area contributed by atoms with Crippen LogP contribution in [0, 0.1) is 5.82 Å². The van der Waals surface area contributed by atoms with Gasteiger partial charge in [-0.3, -0.25) is 9.59 Å². The number of nitrogens with zero attached hydrogens (tertiary/aromatic N) is 3. The molecule has 162 valence electrons. The zero-order valence-corrected chi connectivity index (χ0v) is 18.5. The van der Waals surface area contributed by atoms with Crippen LogP contribution in [0.5, 0.6) is 0 Å². The molecule has 3 heterocycles. The lowest BCUT2D eigenvalue weighted by molar-refractivity contribution is -0.126. The summed E-state index contributed by atoms with van der Waals surface area (Å²) in [4.78, 5) is 30.1. The predicted octanol–water partition coefficient (Wildman–Crippen LogP) is 4.43. The van der Waals surface area contributed by atoms with Gasteiger partial charge in [-0.05, 0) is 41.4 Å². The van der Waals surface area contributed by atoms with Crippen molar-refractivity contribution in [1.82, 2.24) is 14.3 Å². The average molecular weight is 469 g/mol. The van der Waals surface area contributed by atoms with E-state index in [1.807, 2.05) is 0 Å². The van der Waals surface area contributed by atoms with Crippen LogP contribution in [0.15, 0.2) is 53.8 Å². The molecule has 1 fully saturated rings. The van der Waals surface area contributed by atoms with Crippen LogP contribution in [0.3, 0.4) is 0 Å². The van der Waals surface area contributed by atoms with Gasteiger partial charge < -0.3 is 14.8 Å². The number of H-pyrrole nitrogens is 1. The first-order valence-electron chi connectivity index (χ1n) is 10.0. The maximum Gasteiger partial charge on any atom is 0.248 e. The first-order valence-corrected chi connectivity index (χ1v) is 11.2. The summed E-state index contributed by atoms with van der Waals surface area (Å²) in [6.07, 6.45) is 1.32. The van der Waals surface area contributed by atoms with Crippen molar-refractivity contribution in [3.63, 3.8) is 0 Å². The molecule has 0 saturated carbocycles. The van der Waals surface area contributed by atoms with E-state index in [0.29, 0.717) is 48.0 Å². The molecule has 1 N–H and O–H groups in total. The van der Waals surface area contributed by atoms with E-state index < -0.39 is 5.82 Å². The molecule has 1 aliphatic rings. The summed E-state index contributed by atoms with van der Waals surface area (Å²) in [5.74, 6) is -0.580. The maximum atomic E-state index is 15.7. The van der Waals surface area contributed by atoms with Gasteiger partial charge in [0.05, 0.1) is 5.02 Å². The number of carbonyl (C=O) groups is 1. The second-order valence-electron chi connectivity index (χ2n) is 7.54. The number of aromatic nitrogens is 2. The van der Waals surface area contributed by atoms with E-state index in [9.17, 15) is 9.59 Å². The Morgan fingerprint density at radius 1 is 1.19 bits per heavy atom. The Labute approximate surface area is 191 Å². The molecule has 2 aromatic carbocycles. The Morgan fingerprint density at radius 2 is 1.97 bits per heavy atom. The molecule has 0 unspecified atom stereocenters. The molecule has 2 aromatic heterocycles. The van der Waals surface area contributed by atoms with Gasteiger partial charge in [-0.2, -0.15) is 4.37 Å². The number of nitrogens with one attached hydrogen (secondary N) is 1. The van der Waals surface area contributed by atoms with Gasteiger partial charge in [-0.15, -0.1) is 0 Å². The predicted molar refractivity (Wildman–Crippen MR) is 127 cm³/mol. The number of fused-ring (bicyclic) bond motifs is 2. The number of anilines is 1. The molecule has 0 atom stereocenters. The van der Waals surface area contributed by atoms with Crippen LogP contribution < -0.4 is 10.5 Å². The van der Waals surface area contributed by atoms with E-state index in [1.54, 1.807) is 35.2 Å². The van der Waals surface area contributed by atoms with Gasteiger partial charge in [0.15, 0.2) is 5.82 Å². The molecule has 0 bridgehead atoms. The Balaban J connectivity index is 1.57. The number of hydrogen-bond acceptors (Lipinski definition) is 5. The summed E-state index contributed by atoms with van der Waals surface area (Å²) in [6, 6.07) is 10.1. The number of hydrogen-bond donors (Lipinski definition) is 1. The Kier molecular flexibility index (Phi) is 5.19. The molecule has 6 nitrogen and oxygen atoms in total. The standard InChI is InChI=1S/C23H18ClFN4O2S/c1-2-19(31)28-8-10-29(11-9-28)23-15-12-16(24)20(21(25)22(15)27-32-23)14-4-3-5-17-13(14)6-7-18(30)26-17/h2-7,12H,1,8-11H2,(H,26,30). The van der Waals surface area contributed by atoms with Crippen molar-refractivity contribution in [2.45, 2.75) is 0 Å². The first-order chi connectivity index (χ1) is 15.5. The third-order valence-electron chi connectivity index (χ3n) is 5.73. The molecule has 1 aliphatic heterocycles. The molecule has 9 heteroatoms. The van der Waals surface area contributed by atoms with E-state index in [2.05, 4.69) is 20.8 Å². The van der Waals surface area contributed by atoms with Crippen LogP contribution in [-0.4, -0.2) is 46.3 Å². The summed E-state index contributed by atoms with van der Waals surface area (Å²) in [6.45, 7) is 5.90. The number of aromatic amines is 1. The van der Waals surface area contributed by atoms with Crippen molar-refractivity contribution < 1.29 is 9.18 Å². The lowest BCUT2D eigenvalue weighted by Crippen LogP contribution is -2.48. The number of halogens is 2. The second-order valence-corrected chi connectivity index (χ2v) is 8.70. The van der Waals surface area contributed by atoms with Gasteiger partial charge in [-0.25, -0.2) is 4.39 Å². The van der Waals surface area contributed by atoms with Crippen LogP contribution in [0.4, 0.5) is 9.39 Å². The van der Waals surface area contributed by atoms with Crippen molar-refractivity contribution in [2.24, 2.45) is 0 Å². The highest BCUT2D eigenvalue weighted by atomic mass is 35.5. The molecule has 5 rings (SSSR count). The van der Waals surface area contributed by atoms with E-state index in [1.165, 1.54) is 23.7 Å². The minimum absolute atomic E-state index is 0.0889. The molecule has 1 saturated heterocycles. The molecular formula is C23H18ClFN4O2S. The number of rotatable bonds is 3. The number of pyridine rings is 1. The second kappa shape index (κ2) is 8.03. The summed E-state index contributed by atoms with van der Waals surface area (Å²) in [5, 5.41) is 2.46. The maximum absolute atomic E-state index is 15.7. The molecule has 0 aliphatic carbocycles. The normalized spacial score (nSPS) is 14.3. The number of amides is 1. The number of carbonyl (C=O) groups excluding carboxylic acids is 1. The Bertz CT molecular complexity index is 1440. The van der Waals surface area contributed by atoms with Crippen LogP contribution in [0.1, 0.15) is 0 Å². The average Bonchev–Trinajstić information content (AvgIpc) is 3.22. The topological polar surface area (TPSA) is 69.3 Å². The quantitative estimate of drug-likeness (QED) is 0.451. The van der Waals surface area contributed by atoms with Crippen molar-refractivity contribution in [3.8, 4) is 11.1 Å². The molecule has 0 radical (unpaired) electrons. The van der Waals surface area contributed by atoms with Gasteiger partial charge in [0, 0.05) is 54.1 Å². The SMILES string of the molecule is C=CC(=O)N1CCN(c2snc3c(F)c(-c4cccc5[nH]c(=O)ccc45)c(Cl)cc23)CC1. The van der Waals surface area contributed by atoms with Crippen molar-refractivity contribution in [3.05, 3.63) is 70.2 Å². The fourth-order valence-electron chi connectivity index (χ4n) is 4.14. The Morgan fingerprint density at radius 3 is 2.72 bits per heavy atom. The van der Waals surface area contributed by atoms with E-state index in [-0.39, 0.29) is 27.6 Å². The highest BCUT2D eigenvalue weighted by Gasteiger charge is 2.25. The summed E-state index contributed by atoms with van der Waals surface area (Å²) in [7, 11) is 0. The van der Waals surface area contributed by atoms with Crippen LogP contribution >= 0.6 is 23.1 Å². The van der Waals surface area contributed by atoms with E-state index in [4.69, 9.17) is 11.6 Å². The van der Waals surface area contributed by atoms with Gasteiger partial charge >= 0.3 is 0 Å². The van der Waals surface area contributed by atoms with Crippen LogP contribution in [0.2, 0.25) is 5.02 Å². The number of piperazine rings is 1. The van der Waals surface area contributed by atoms with Crippen molar-refractivity contribution in [1.29, 1.82) is 0 Å². The summed E-state index contributed by atoms with van der Waals surface area (Å²) < 4.78 is 20.1. The largest absolute Gasteiger partial charge is 0.358 e. The van der Waals surface area contributed by atoms with E-state index >= 15 is 4.39 Å². The minimum atomic E-state index is -0.492. The fraction of sp³-hybridized carbons (Fsp3) is 0.174. The third-order valence-corrected chi connectivity index (χ3v) is 6.96. The van der Waals surface area contributed by atoms with Crippen molar-refractivity contribution in [2.75, 3.05) is 31.1 Å². The molecule has 32 heavy (non-hydrogen) atoms. The lowest BCUT2D eigenvalue weighted by atomic mass is 9.98. The highest BCUT2D eigenvalue weighted by molar-refractivity contribution is 7.11. The molecule has 0 spiro atoms.